The van der Waals surface area contributed by atoms with Crippen molar-refractivity contribution in [1.82, 2.24) is 19.9 Å². The van der Waals surface area contributed by atoms with E-state index in [0.29, 0.717) is 23.4 Å². The lowest BCUT2D eigenvalue weighted by Gasteiger charge is -2.11. The van der Waals surface area contributed by atoms with Crippen LogP contribution >= 0.6 is 0 Å². The third-order valence-electron chi connectivity index (χ3n) is 10.5. The lowest BCUT2D eigenvalue weighted by atomic mass is 9.95. The Balaban J connectivity index is 1.03. The van der Waals surface area contributed by atoms with E-state index in [1.165, 1.54) is 16.3 Å². The average Bonchev–Trinajstić information content (AvgIpc) is 3.71. The predicted octanol–water partition coefficient (Wildman–Crippen LogP) is 13.0. The van der Waals surface area contributed by atoms with Crippen molar-refractivity contribution < 1.29 is 4.42 Å². The summed E-state index contributed by atoms with van der Waals surface area (Å²) in [4.78, 5) is 19.8. The number of benzene rings is 9. The largest absolute Gasteiger partial charge is 0.435 e. The van der Waals surface area contributed by atoms with Crippen LogP contribution in [0.25, 0.3) is 111 Å². The number of rotatable bonds is 5. The van der Waals surface area contributed by atoms with E-state index >= 15 is 0 Å². The van der Waals surface area contributed by atoms with E-state index < -0.39 is 0 Å². The first-order valence-corrected chi connectivity index (χ1v) is 18.4. The van der Waals surface area contributed by atoms with Crippen LogP contribution < -0.4 is 0 Å². The van der Waals surface area contributed by atoms with Gasteiger partial charge >= 0.3 is 0 Å². The van der Waals surface area contributed by atoms with Crippen LogP contribution in [0.1, 0.15) is 0 Å². The lowest BCUT2D eigenvalue weighted by Crippen LogP contribution is -2.00. The second kappa shape index (κ2) is 12.6. The number of nitrogens with zero attached hydrogens (tertiary/aromatic N) is 4. The predicted molar refractivity (Wildman–Crippen MR) is 225 cm³/mol. The summed E-state index contributed by atoms with van der Waals surface area (Å²) in [5, 5.41) is 9.09. The Labute approximate surface area is 316 Å². The van der Waals surface area contributed by atoms with Gasteiger partial charge in [0.1, 0.15) is 5.52 Å². The molecule has 0 aliphatic rings. The van der Waals surface area contributed by atoms with E-state index in [2.05, 4.69) is 121 Å². The van der Waals surface area contributed by atoms with Crippen LogP contribution in [0.5, 0.6) is 0 Å². The maximum Gasteiger partial charge on any atom is 0.227 e. The summed E-state index contributed by atoms with van der Waals surface area (Å²) in [5.74, 6) is 2.51. The molecular formula is C50H30N4O. The van der Waals surface area contributed by atoms with Gasteiger partial charge in [-0.25, -0.2) is 19.9 Å². The molecule has 9 aromatic carbocycles. The zero-order valence-corrected chi connectivity index (χ0v) is 29.5. The average molecular weight is 703 g/mol. The molecule has 55 heavy (non-hydrogen) atoms. The molecule has 0 spiro atoms. The molecule has 0 aliphatic carbocycles. The number of aromatic nitrogens is 4. The number of fused-ring (bicyclic) bond motifs is 8. The van der Waals surface area contributed by atoms with Crippen LogP contribution in [-0.2, 0) is 0 Å². The second-order valence-corrected chi connectivity index (χ2v) is 13.9. The molecule has 0 unspecified atom stereocenters. The van der Waals surface area contributed by atoms with Crippen molar-refractivity contribution >= 4 is 54.2 Å². The van der Waals surface area contributed by atoms with Gasteiger partial charge in [0.15, 0.2) is 23.1 Å². The van der Waals surface area contributed by atoms with Gasteiger partial charge < -0.3 is 4.42 Å². The van der Waals surface area contributed by atoms with Crippen molar-refractivity contribution in [3.63, 3.8) is 0 Å². The van der Waals surface area contributed by atoms with Crippen LogP contribution in [0.4, 0.5) is 0 Å². The molecule has 0 radical (unpaired) electrons. The van der Waals surface area contributed by atoms with Gasteiger partial charge in [0.05, 0.1) is 0 Å². The van der Waals surface area contributed by atoms with E-state index in [1.807, 2.05) is 60.7 Å². The van der Waals surface area contributed by atoms with E-state index in [-0.39, 0.29) is 0 Å². The van der Waals surface area contributed by atoms with Crippen LogP contribution in [0, 0.1) is 0 Å². The molecule has 0 N–H and O–H groups in total. The summed E-state index contributed by atoms with van der Waals surface area (Å²) in [6, 6.07) is 63.0. The smallest absolute Gasteiger partial charge is 0.227 e. The summed E-state index contributed by atoms with van der Waals surface area (Å²) < 4.78 is 6.69. The number of hydrogen-bond acceptors (Lipinski definition) is 5. The van der Waals surface area contributed by atoms with Crippen LogP contribution in [0.3, 0.4) is 0 Å². The third-order valence-corrected chi connectivity index (χ3v) is 10.5. The van der Waals surface area contributed by atoms with Crippen molar-refractivity contribution in [2.24, 2.45) is 0 Å². The van der Waals surface area contributed by atoms with Crippen molar-refractivity contribution in [3.8, 4) is 56.7 Å². The van der Waals surface area contributed by atoms with Gasteiger partial charge in [0.2, 0.25) is 5.89 Å². The summed E-state index contributed by atoms with van der Waals surface area (Å²) >= 11 is 0. The normalized spacial score (nSPS) is 11.6. The van der Waals surface area contributed by atoms with Gasteiger partial charge in [-0.3, -0.25) is 0 Å². The highest BCUT2D eigenvalue weighted by Gasteiger charge is 2.17. The van der Waals surface area contributed by atoms with E-state index in [9.17, 15) is 0 Å². The molecule has 2 aromatic heterocycles. The van der Waals surface area contributed by atoms with Gasteiger partial charge in [-0.05, 0) is 73.8 Å². The van der Waals surface area contributed by atoms with Gasteiger partial charge in [-0.15, -0.1) is 0 Å². The summed E-state index contributed by atoms with van der Waals surface area (Å²) in [6.45, 7) is 0. The molecule has 0 atom stereocenters. The van der Waals surface area contributed by atoms with Crippen LogP contribution in [0.15, 0.2) is 186 Å². The van der Waals surface area contributed by atoms with Crippen molar-refractivity contribution in [2.75, 3.05) is 0 Å². The van der Waals surface area contributed by atoms with E-state index in [4.69, 9.17) is 24.4 Å². The van der Waals surface area contributed by atoms with Gasteiger partial charge in [0, 0.05) is 33.0 Å². The topological polar surface area (TPSA) is 64.7 Å². The number of hydrogen-bond donors (Lipinski definition) is 0. The van der Waals surface area contributed by atoms with E-state index in [0.717, 1.165) is 71.2 Å². The first-order chi connectivity index (χ1) is 27.2. The molecule has 256 valence electrons. The molecule has 11 rings (SSSR count). The van der Waals surface area contributed by atoms with Gasteiger partial charge in [0.25, 0.3) is 0 Å². The monoisotopic (exact) mass is 702 g/mol. The maximum absolute atomic E-state index is 6.69. The number of oxazole rings is 1. The minimum atomic E-state index is 0.602. The molecule has 5 heteroatoms. The molecule has 11 aromatic rings. The standard InChI is InChI=1S/C50H30N4O/c1-3-10-35(11-4-1)47-52-48(36-12-5-2-6-13-36)54-49(53-47)41-25-27-42-40(30-41)24-20-33-18-19-34-26-28-43-46(45(34)44(33)42)55-50(51-43)37-21-15-32(16-22-37)39-23-17-31-9-7-8-14-38(31)29-39/h1-30H. The zero-order chi connectivity index (χ0) is 36.3. The second-order valence-electron chi connectivity index (χ2n) is 13.9. The fourth-order valence-corrected chi connectivity index (χ4v) is 7.72. The first kappa shape index (κ1) is 31.1. The van der Waals surface area contributed by atoms with E-state index in [1.54, 1.807) is 0 Å². The Kier molecular flexibility index (Phi) is 7.10. The molecule has 0 saturated heterocycles. The fraction of sp³-hybridized carbons (Fsp3) is 0. The molecule has 0 fully saturated rings. The van der Waals surface area contributed by atoms with Crippen LogP contribution in [-0.4, -0.2) is 19.9 Å². The van der Waals surface area contributed by atoms with Crippen molar-refractivity contribution in [2.45, 2.75) is 0 Å². The van der Waals surface area contributed by atoms with Gasteiger partial charge in [-0.2, -0.15) is 0 Å². The third kappa shape index (κ3) is 5.41. The maximum atomic E-state index is 6.69. The minimum Gasteiger partial charge on any atom is -0.435 e. The van der Waals surface area contributed by atoms with Crippen molar-refractivity contribution in [3.05, 3.63) is 182 Å². The molecule has 0 saturated carbocycles. The highest BCUT2D eigenvalue weighted by molar-refractivity contribution is 6.26. The zero-order valence-electron chi connectivity index (χ0n) is 29.5. The Morgan fingerprint density at radius 3 is 1.53 bits per heavy atom. The van der Waals surface area contributed by atoms with Gasteiger partial charge in [-0.1, -0.05) is 152 Å². The highest BCUT2D eigenvalue weighted by Crippen LogP contribution is 2.39. The molecule has 0 bridgehead atoms. The quantitative estimate of drug-likeness (QED) is 0.167. The molecule has 0 amide bonds. The van der Waals surface area contributed by atoms with Crippen LogP contribution in [0.2, 0.25) is 0 Å². The fourth-order valence-electron chi connectivity index (χ4n) is 7.72. The molecular weight excluding hydrogens is 673 g/mol. The SMILES string of the molecule is c1ccc(-c2nc(-c3ccccc3)nc(-c3ccc4c(ccc5ccc6ccc7nc(-c8ccc(-c9ccc%10ccccc%10c9)cc8)oc7c6c54)c3)n2)cc1. The first-order valence-electron chi connectivity index (χ1n) is 18.4. The van der Waals surface area contributed by atoms with Crippen molar-refractivity contribution in [1.29, 1.82) is 0 Å². The lowest BCUT2D eigenvalue weighted by molar-refractivity contribution is 0.623. The highest BCUT2D eigenvalue weighted by atomic mass is 16.3. The molecule has 2 heterocycles. The summed E-state index contributed by atoms with van der Waals surface area (Å²) in [5.41, 5.74) is 7.68. The minimum absolute atomic E-state index is 0.602. The Hall–Kier alpha value is -7.50. The Bertz CT molecular complexity index is 3190. The molecule has 0 aliphatic heterocycles. The Morgan fingerprint density at radius 2 is 0.818 bits per heavy atom. The molecule has 5 nitrogen and oxygen atoms in total. The summed E-state index contributed by atoms with van der Waals surface area (Å²) in [7, 11) is 0. The summed E-state index contributed by atoms with van der Waals surface area (Å²) in [6.07, 6.45) is 0. The Morgan fingerprint density at radius 1 is 0.309 bits per heavy atom.